The molecule has 0 fully saturated rings. The molecule has 1 aromatic heterocycles. The van der Waals surface area contributed by atoms with Crippen LogP contribution in [-0.2, 0) is 11.4 Å². The van der Waals surface area contributed by atoms with Crippen molar-refractivity contribution in [3.8, 4) is 5.75 Å². The Balaban J connectivity index is 2.02. The number of hydrogen-bond acceptors (Lipinski definition) is 3. The van der Waals surface area contributed by atoms with Crippen LogP contribution in [0.1, 0.15) is 11.3 Å². The number of pyridine rings is 1. The standard InChI is InChI=1S/C15H11F2NO3/c16-13-2-1-3-14(17)12(13)9-21-11-6-4-10(18-8-11)5-7-15(19)20/h1-8H,9H2,(H,19,20)/b7-5+. The molecule has 6 heteroatoms. The van der Waals surface area contributed by atoms with E-state index in [4.69, 9.17) is 9.84 Å². The fourth-order valence-electron chi connectivity index (χ4n) is 1.56. The zero-order chi connectivity index (χ0) is 15.2. The van der Waals surface area contributed by atoms with E-state index in [1.807, 2.05) is 0 Å². The summed E-state index contributed by atoms with van der Waals surface area (Å²) in [7, 11) is 0. The second-order valence-corrected chi connectivity index (χ2v) is 4.08. The molecular weight excluding hydrogens is 280 g/mol. The summed E-state index contributed by atoms with van der Waals surface area (Å²) in [5.74, 6) is -2.11. The summed E-state index contributed by atoms with van der Waals surface area (Å²) in [6.45, 7) is -0.259. The van der Waals surface area contributed by atoms with Gasteiger partial charge in [0.25, 0.3) is 0 Å². The van der Waals surface area contributed by atoms with Crippen LogP contribution in [0.3, 0.4) is 0 Å². The molecule has 4 nitrogen and oxygen atoms in total. The number of halogens is 2. The van der Waals surface area contributed by atoms with Crippen molar-refractivity contribution in [2.45, 2.75) is 6.61 Å². The zero-order valence-corrected chi connectivity index (χ0v) is 10.8. The van der Waals surface area contributed by atoms with Crippen LogP contribution in [0.4, 0.5) is 8.78 Å². The Bertz CT molecular complexity index is 649. The van der Waals surface area contributed by atoms with Gasteiger partial charge in [0.05, 0.1) is 17.5 Å². The van der Waals surface area contributed by atoms with E-state index >= 15 is 0 Å². The van der Waals surface area contributed by atoms with Crippen LogP contribution in [0.25, 0.3) is 6.08 Å². The third kappa shape index (κ3) is 4.10. The number of carboxylic acid groups (broad SMARTS) is 1. The number of carboxylic acids is 1. The Morgan fingerprint density at radius 1 is 1.24 bits per heavy atom. The lowest BCUT2D eigenvalue weighted by Crippen LogP contribution is -2.02. The Morgan fingerprint density at radius 2 is 1.95 bits per heavy atom. The fraction of sp³-hybridized carbons (Fsp3) is 0.0667. The van der Waals surface area contributed by atoms with Crippen molar-refractivity contribution in [1.82, 2.24) is 4.98 Å². The molecule has 0 radical (unpaired) electrons. The van der Waals surface area contributed by atoms with E-state index in [1.54, 1.807) is 0 Å². The van der Waals surface area contributed by atoms with Gasteiger partial charge in [-0.15, -0.1) is 0 Å². The van der Waals surface area contributed by atoms with Gasteiger partial charge in [0.15, 0.2) is 0 Å². The van der Waals surface area contributed by atoms with Crippen molar-refractivity contribution in [2.75, 3.05) is 0 Å². The predicted molar refractivity (Wildman–Crippen MR) is 71.6 cm³/mol. The van der Waals surface area contributed by atoms with Crippen LogP contribution in [0.15, 0.2) is 42.6 Å². The molecule has 0 aliphatic carbocycles. The first kappa shape index (κ1) is 14.6. The van der Waals surface area contributed by atoms with E-state index in [-0.39, 0.29) is 12.2 Å². The smallest absolute Gasteiger partial charge is 0.328 e. The molecule has 0 saturated heterocycles. The molecule has 21 heavy (non-hydrogen) atoms. The maximum absolute atomic E-state index is 13.4. The van der Waals surface area contributed by atoms with Crippen LogP contribution >= 0.6 is 0 Å². The SMILES string of the molecule is O=C(O)/C=C/c1ccc(OCc2c(F)cccc2F)cn1. The van der Waals surface area contributed by atoms with Crippen LogP contribution in [0.5, 0.6) is 5.75 Å². The van der Waals surface area contributed by atoms with E-state index in [0.717, 1.165) is 18.2 Å². The first-order valence-electron chi connectivity index (χ1n) is 5.99. The molecule has 108 valence electrons. The van der Waals surface area contributed by atoms with Crippen molar-refractivity contribution in [3.05, 3.63) is 65.5 Å². The number of carbonyl (C=O) groups is 1. The molecule has 1 heterocycles. The molecule has 0 bridgehead atoms. The summed E-state index contributed by atoms with van der Waals surface area (Å²) < 4.78 is 32.0. The highest BCUT2D eigenvalue weighted by atomic mass is 19.1. The summed E-state index contributed by atoms with van der Waals surface area (Å²) in [6, 6.07) is 6.65. The van der Waals surface area contributed by atoms with Gasteiger partial charge in [-0.1, -0.05) is 6.07 Å². The van der Waals surface area contributed by atoms with Gasteiger partial charge < -0.3 is 9.84 Å². The summed E-state index contributed by atoms with van der Waals surface area (Å²) >= 11 is 0. The average molecular weight is 291 g/mol. The van der Waals surface area contributed by atoms with E-state index < -0.39 is 17.6 Å². The van der Waals surface area contributed by atoms with Crippen LogP contribution < -0.4 is 4.74 Å². The van der Waals surface area contributed by atoms with E-state index in [0.29, 0.717) is 11.4 Å². The summed E-state index contributed by atoms with van der Waals surface area (Å²) in [5, 5.41) is 8.48. The highest BCUT2D eigenvalue weighted by molar-refractivity contribution is 5.84. The number of rotatable bonds is 5. The summed E-state index contributed by atoms with van der Waals surface area (Å²) in [4.78, 5) is 14.3. The quantitative estimate of drug-likeness (QED) is 0.860. The monoisotopic (exact) mass is 291 g/mol. The fourth-order valence-corrected chi connectivity index (χ4v) is 1.56. The molecular formula is C15H11F2NO3. The molecule has 0 atom stereocenters. The predicted octanol–water partition coefficient (Wildman–Crippen LogP) is 3.04. The van der Waals surface area contributed by atoms with Crippen molar-refractivity contribution in [3.63, 3.8) is 0 Å². The van der Waals surface area contributed by atoms with Gasteiger partial charge in [0.1, 0.15) is 24.0 Å². The van der Waals surface area contributed by atoms with Crippen molar-refractivity contribution in [2.24, 2.45) is 0 Å². The number of benzene rings is 1. The van der Waals surface area contributed by atoms with Gasteiger partial charge >= 0.3 is 5.97 Å². The molecule has 0 spiro atoms. The summed E-state index contributed by atoms with van der Waals surface area (Å²) in [5.41, 5.74) is 0.272. The van der Waals surface area contributed by atoms with E-state index in [2.05, 4.69) is 4.98 Å². The Labute approximate surface area is 119 Å². The van der Waals surface area contributed by atoms with Crippen molar-refractivity contribution >= 4 is 12.0 Å². The normalized spacial score (nSPS) is 10.8. The van der Waals surface area contributed by atoms with Gasteiger partial charge in [-0.25, -0.2) is 13.6 Å². The largest absolute Gasteiger partial charge is 0.487 e. The van der Waals surface area contributed by atoms with Crippen molar-refractivity contribution in [1.29, 1.82) is 0 Å². The second-order valence-electron chi connectivity index (χ2n) is 4.08. The first-order chi connectivity index (χ1) is 10.1. The molecule has 0 unspecified atom stereocenters. The van der Waals surface area contributed by atoms with E-state index in [1.165, 1.54) is 30.5 Å². The molecule has 0 aliphatic heterocycles. The maximum Gasteiger partial charge on any atom is 0.328 e. The highest BCUT2D eigenvalue weighted by Crippen LogP contribution is 2.16. The van der Waals surface area contributed by atoms with Crippen molar-refractivity contribution < 1.29 is 23.4 Å². The average Bonchev–Trinajstić information content (AvgIpc) is 2.46. The Hall–Kier alpha value is -2.76. The van der Waals surface area contributed by atoms with Gasteiger partial charge in [0, 0.05) is 6.08 Å². The molecule has 2 rings (SSSR count). The second kappa shape index (κ2) is 6.60. The first-order valence-corrected chi connectivity index (χ1v) is 5.99. The molecule has 2 aromatic rings. The minimum absolute atomic E-state index is 0.160. The lowest BCUT2D eigenvalue weighted by molar-refractivity contribution is -0.131. The molecule has 1 N–H and O–H groups in total. The van der Waals surface area contributed by atoms with Gasteiger partial charge in [-0.2, -0.15) is 0 Å². The van der Waals surface area contributed by atoms with Gasteiger partial charge in [-0.3, -0.25) is 4.98 Å². The van der Waals surface area contributed by atoms with Gasteiger partial charge in [-0.05, 0) is 30.3 Å². The molecule has 0 saturated carbocycles. The lowest BCUT2D eigenvalue weighted by atomic mass is 10.2. The zero-order valence-electron chi connectivity index (χ0n) is 10.8. The topological polar surface area (TPSA) is 59.4 Å². The number of ether oxygens (including phenoxy) is 1. The third-order valence-corrected chi connectivity index (χ3v) is 2.60. The minimum Gasteiger partial charge on any atom is -0.487 e. The Kier molecular flexibility index (Phi) is 4.61. The van der Waals surface area contributed by atoms with Crippen LogP contribution in [-0.4, -0.2) is 16.1 Å². The number of nitrogens with zero attached hydrogens (tertiary/aromatic N) is 1. The maximum atomic E-state index is 13.4. The number of hydrogen-bond donors (Lipinski definition) is 1. The number of aliphatic carboxylic acids is 1. The number of aromatic nitrogens is 1. The van der Waals surface area contributed by atoms with E-state index in [9.17, 15) is 13.6 Å². The molecule has 0 aliphatic rings. The lowest BCUT2D eigenvalue weighted by Gasteiger charge is -2.07. The minimum atomic E-state index is -1.08. The summed E-state index contributed by atoms with van der Waals surface area (Å²) in [6.07, 6.45) is 3.63. The molecule has 0 amide bonds. The van der Waals surface area contributed by atoms with Gasteiger partial charge in [0.2, 0.25) is 0 Å². The third-order valence-electron chi connectivity index (χ3n) is 2.60. The van der Waals surface area contributed by atoms with Crippen LogP contribution in [0, 0.1) is 11.6 Å². The van der Waals surface area contributed by atoms with Crippen LogP contribution in [0.2, 0.25) is 0 Å². The Morgan fingerprint density at radius 3 is 2.52 bits per heavy atom. The molecule has 1 aromatic carbocycles. The highest BCUT2D eigenvalue weighted by Gasteiger charge is 2.08.